The first-order valence-corrected chi connectivity index (χ1v) is 8.44. The molecule has 5 heteroatoms. The Kier molecular flexibility index (Phi) is 4.19. The number of thiophene rings is 2. The Morgan fingerprint density at radius 2 is 1.95 bits per heavy atom. The topological polar surface area (TPSA) is 49.3 Å². The van der Waals surface area contributed by atoms with Crippen LogP contribution in [0.4, 0.5) is 0 Å². The number of aryl methyl sites for hydroxylation is 2. The Labute approximate surface area is 126 Å². The number of hydrogen-bond acceptors (Lipinski definition) is 4. The SMILES string of the molecule is O=C(O)Cc1ccc(CNCc2cc3c(s2)CCC3)s1. The van der Waals surface area contributed by atoms with E-state index in [1.165, 1.54) is 29.0 Å². The van der Waals surface area contributed by atoms with E-state index in [2.05, 4.69) is 11.4 Å². The van der Waals surface area contributed by atoms with Crippen LogP contribution in [0.1, 0.15) is 31.5 Å². The van der Waals surface area contributed by atoms with E-state index in [0.29, 0.717) is 0 Å². The van der Waals surface area contributed by atoms with Gasteiger partial charge in [-0.05, 0) is 43.0 Å². The molecule has 2 aromatic heterocycles. The number of aliphatic carboxylic acids is 1. The third-order valence-corrected chi connectivity index (χ3v) is 5.76. The van der Waals surface area contributed by atoms with Gasteiger partial charge in [-0.1, -0.05) is 0 Å². The van der Waals surface area contributed by atoms with Crippen LogP contribution in [-0.4, -0.2) is 11.1 Å². The van der Waals surface area contributed by atoms with Gasteiger partial charge >= 0.3 is 5.97 Å². The fourth-order valence-electron chi connectivity index (χ4n) is 2.55. The third-order valence-electron chi connectivity index (χ3n) is 3.44. The van der Waals surface area contributed by atoms with E-state index in [9.17, 15) is 4.79 Å². The molecule has 0 spiro atoms. The molecule has 0 bridgehead atoms. The molecule has 20 heavy (non-hydrogen) atoms. The highest BCUT2D eigenvalue weighted by atomic mass is 32.1. The maximum atomic E-state index is 10.6. The van der Waals surface area contributed by atoms with Crippen LogP contribution >= 0.6 is 22.7 Å². The normalized spacial score (nSPS) is 13.6. The molecule has 0 aliphatic heterocycles. The van der Waals surface area contributed by atoms with Gasteiger partial charge in [-0.3, -0.25) is 4.79 Å². The second kappa shape index (κ2) is 6.08. The predicted octanol–water partition coefficient (Wildman–Crippen LogP) is 3.22. The molecule has 3 nitrogen and oxygen atoms in total. The van der Waals surface area contributed by atoms with Gasteiger partial charge in [-0.25, -0.2) is 0 Å². The summed E-state index contributed by atoms with van der Waals surface area (Å²) in [5, 5.41) is 12.2. The summed E-state index contributed by atoms with van der Waals surface area (Å²) in [5.41, 5.74) is 1.55. The average molecular weight is 307 g/mol. The van der Waals surface area contributed by atoms with Crippen molar-refractivity contribution in [1.82, 2.24) is 5.32 Å². The summed E-state index contributed by atoms with van der Waals surface area (Å²) in [6, 6.07) is 6.27. The van der Waals surface area contributed by atoms with Gasteiger partial charge in [0.25, 0.3) is 0 Å². The van der Waals surface area contributed by atoms with Crippen molar-refractivity contribution in [2.45, 2.75) is 38.8 Å². The summed E-state index contributed by atoms with van der Waals surface area (Å²) in [5.74, 6) is -0.764. The van der Waals surface area contributed by atoms with Gasteiger partial charge in [-0.15, -0.1) is 22.7 Å². The quantitative estimate of drug-likeness (QED) is 0.861. The Hall–Kier alpha value is -1.17. The van der Waals surface area contributed by atoms with Crippen molar-refractivity contribution < 1.29 is 9.90 Å². The van der Waals surface area contributed by atoms with E-state index < -0.39 is 5.97 Å². The standard InChI is InChI=1S/C15H17NO2S2/c17-15(18)7-11-4-5-12(19-11)8-16-9-13-6-10-2-1-3-14(10)20-13/h4-6,16H,1-3,7-9H2,(H,17,18). The fraction of sp³-hybridized carbons (Fsp3) is 0.400. The summed E-state index contributed by atoms with van der Waals surface area (Å²) in [4.78, 5) is 15.7. The molecule has 0 fully saturated rings. The van der Waals surface area contributed by atoms with E-state index in [-0.39, 0.29) is 6.42 Å². The molecule has 3 rings (SSSR count). The fourth-order valence-corrected chi connectivity index (χ4v) is 4.76. The second-order valence-electron chi connectivity index (χ2n) is 5.06. The van der Waals surface area contributed by atoms with Crippen molar-refractivity contribution in [1.29, 1.82) is 0 Å². The van der Waals surface area contributed by atoms with Gasteiger partial charge in [0.15, 0.2) is 0 Å². The van der Waals surface area contributed by atoms with E-state index in [4.69, 9.17) is 5.11 Å². The molecular formula is C15H17NO2S2. The molecule has 106 valence electrons. The highest BCUT2D eigenvalue weighted by molar-refractivity contribution is 7.12. The minimum absolute atomic E-state index is 0.127. The van der Waals surface area contributed by atoms with Crippen LogP contribution < -0.4 is 5.32 Å². The summed E-state index contributed by atoms with van der Waals surface area (Å²) < 4.78 is 0. The van der Waals surface area contributed by atoms with Crippen LogP contribution in [0.25, 0.3) is 0 Å². The monoisotopic (exact) mass is 307 g/mol. The lowest BCUT2D eigenvalue weighted by atomic mass is 10.2. The number of nitrogens with one attached hydrogen (secondary N) is 1. The van der Waals surface area contributed by atoms with Crippen molar-refractivity contribution in [2.75, 3.05) is 0 Å². The number of fused-ring (bicyclic) bond motifs is 1. The van der Waals surface area contributed by atoms with Gasteiger partial charge in [0.1, 0.15) is 0 Å². The molecule has 2 aromatic rings. The zero-order chi connectivity index (χ0) is 13.9. The minimum atomic E-state index is -0.764. The molecular weight excluding hydrogens is 290 g/mol. The maximum absolute atomic E-state index is 10.6. The smallest absolute Gasteiger partial charge is 0.308 e. The Morgan fingerprint density at radius 3 is 2.75 bits per heavy atom. The number of carbonyl (C=O) groups is 1. The number of carboxylic acids is 1. The van der Waals surface area contributed by atoms with Crippen molar-refractivity contribution in [2.24, 2.45) is 0 Å². The largest absolute Gasteiger partial charge is 0.481 e. The molecule has 0 atom stereocenters. The lowest BCUT2D eigenvalue weighted by molar-refractivity contribution is -0.136. The van der Waals surface area contributed by atoms with Crippen molar-refractivity contribution >= 4 is 28.6 Å². The summed E-state index contributed by atoms with van der Waals surface area (Å²) in [6.07, 6.45) is 3.94. The van der Waals surface area contributed by atoms with Crippen molar-refractivity contribution in [3.63, 3.8) is 0 Å². The zero-order valence-electron chi connectivity index (χ0n) is 11.1. The second-order valence-corrected chi connectivity index (χ2v) is 7.53. The van der Waals surface area contributed by atoms with Crippen molar-refractivity contribution in [3.05, 3.63) is 43.3 Å². The van der Waals surface area contributed by atoms with Crippen LogP contribution in [0, 0.1) is 0 Å². The summed E-state index contributed by atoms with van der Waals surface area (Å²) in [6.45, 7) is 1.72. The highest BCUT2D eigenvalue weighted by Crippen LogP contribution is 2.30. The zero-order valence-corrected chi connectivity index (χ0v) is 12.8. The highest BCUT2D eigenvalue weighted by Gasteiger charge is 2.14. The lowest BCUT2D eigenvalue weighted by Crippen LogP contribution is -2.10. The van der Waals surface area contributed by atoms with E-state index >= 15 is 0 Å². The maximum Gasteiger partial charge on any atom is 0.308 e. The van der Waals surface area contributed by atoms with Crippen LogP contribution in [-0.2, 0) is 37.1 Å². The van der Waals surface area contributed by atoms with Crippen LogP contribution in [0.5, 0.6) is 0 Å². The average Bonchev–Trinajstić information content (AvgIpc) is 3.04. The predicted molar refractivity (Wildman–Crippen MR) is 82.5 cm³/mol. The van der Waals surface area contributed by atoms with Gasteiger partial charge < -0.3 is 10.4 Å². The molecule has 2 N–H and O–H groups in total. The first-order chi connectivity index (χ1) is 9.70. The van der Waals surface area contributed by atoms with Crippen LogP contribution in [0.3, 0.4) is 0 Å². The van der Waals surface area contributed by atoms with E-state index in [1.54, 1.807) is 21.8 Å². The molecule has 0 aromatic carbocycles. The lowest BCUT2D eigenvalue weighted by Gasteiger charge is -2.00. The third kappa shape index (κ3) is 3.29. The molecule has 0 saturated heterocycles. The molecule has 0 radical (unpaired) electrons. The minimum Gasteiger partial charge on any atom is -0.481 e. The molecule has 0 unspecified atom stereocenters. The molecule has 1 aliphatic carbocycles. The first-order valence-electron chi connectivity index (χ1n) is 6.81. The summed E-state index contributed by atoms with van der Waals surface area (Å²) >= 11 is 3.51. The Bertz CT molecular complexity index is 594. The van der Waals surface area contributed by atoms with Gasteiger partial charge in [0.05, 0.1) is 6.42 Å². The first kappa shape index (κ1) is 13.8. The van der Waals surface area contributed by atoms with Crippen LogP contribution in [0.2, 0.25) is 0 Å². The van der Waals surface area contributed by atoms with Crippen molar-refractivity contribution in [3.8, 4) is 0 Å². The van der Waals surface area contributed by atoms with E-state index in [0.717, 1.165) is 18.0 Å². The Balaban J connectivity index is 1.49. The molecule has 0 saturated carbocycles. The Morgan fingerprint density at radius 1 is 1.15 bits per heavy atom. The molecule has 1 aliphatic rings. The summed E-state index contributed by atoms with van der Waals surface area (Å²) in [7, 11) is 0. The van der Waals surface area contributed by atoms with Gasteiger partial charge in [0, 0.05) is 32.6 Å². The number of carboxylic acid groups (broad SMARTS) is 1. The molecule has 0 amide bonds. The van der Waals surface area contributed by atoms with E-state index in [1.807, 2.05) is 23.5 Å². The molecule has 2 heterocycles. The van der Waals surface area contributed by atoms with Crippen LogP contribution in [0.15, 0.2) is 18.2 Å². The number of rotatable bonds is 6. The number of hydrogen-bond donors (Lipinski definition) is 2. The van der Waals surface area contributed by atoms with Gasteiger partial charge in [0.2, 0.25) is 0 Å². The van der Waals surface area contributed by atoms with Gasteiger partial charge in [-0.2, -0.15) is 0 Å².